The van der Waals surface area contributed by atoms with Gasteiger partial charge < -0.3 is 10.2 Å². The van der Waals surface area contributed by atoms with E-state index in [4.69, 9.17) is 0 Å². The minimum absolute atomic E-state index is 0.251. The van der Waals surface area contributed by atoms with E-state index < -0.39 is 0 Å². The predicted octanol–water partition coefficient (Wildman–Crippen LogP) is 0.853. The third-order valence-corrected chi connectivity index (χ3v) is 2.82. The molecule has 0 saturated carbocycles. The van der Waals surface area contributed by atoms with Crippen molar-refractivity contribution >= 4 is 5.91 Å². The van der Waals surface area contributed by atoms with Gasteiger partial charge >= 0.3 is 0 Å². The van der Waals surface area contributed by atoms with Gasteiger partial charge in [-0.1, -0.05) is 0 Å². The van der Waals surface area contributed by atoms with Crippen molar-refractivity contribution in [3.8, 4) is 0 Å². The Labute approximate surface area is 80.5 Å². The van der Waals surface area contributed by atoms with Crippen molar-refractivity contribution < 1.29 is 4.79 Å². The van der Waals surface area contributed by atoms with Gasteiger partial charge in [0, 0.05) is 25.6 Å². The lowest BCUT2D eigenvalue weighted by Gasteiger charge is -2.29. The van der Waals surface area contributed by atoms with Gasteiger partial charge in [-0.2, -0.15) is 0 Å². The van der Waals surface area contributed by atoms with Gasteiger partial charge in [0.2, 0.25) is 5.91 Å². The molecule has 13 heavy (non-hydrogen) atoms. The molecular weight excluding hydrogens is 164 g/mol. The van der Waals surface area contributed by atoms with Crippen LogP contribution in [0.1, 0.15) is 26.7 Å². The minimum Gasteiger partial charge on any atom is -0.346 e. The minimum atomic E-state index is 0.251. The van der Waals surface area contributed by atoms with Crippen molar-refractivity contribution in [2.24, 2.45) is 5.92 Å². The van der Waals surface area contributed by atoms with E-state index in [2.05, 4.69) is 12.2 Å². The van der Waals surface area contributed by atoms with Gasteiger partial charge in [-0.05, 0) is 33.2 Å². The second-order valence-electron chi connectivity index (χ2n) is 3.93. The molecule has 2 unspecified atom stereocenters. The molecule has 0 aliphatic carbocycles. The fourth-order valence-electron chi connectivity index (χ4n) is 1.82. The molecular formula is C10H20N2O. The molecule has 1 aliphatic rings. The van der Waals surface area contributed by atoms with E-state index >= 15 is 0 Å². The number of nitrogens with zero attached hydrogens (tertiary/aromatic N) is 1. The fraction of sp³-hybridized carbons (Fsp3) is 0.900. The normalized spacial score (nSPS) is 28.5. The van der Waals surface area contributed by atoms with Gasteiger partial charge in [0.05, 0.1) is 0 Å². The van der Waals surface area contributed by atoms with E-state index in [-0.39, 0.29) is 5.92 Å². The second-order valence-corrected chi connectivity index (χ2v) is 3.93. The Hall–Kier alpha value is -0.570. The average molecular weight is 184 g/mol. The number of amides is 1. The van der Waals surface area contributed by atoms with Crippen LogP contribution in [-0.4, -0.2) is 37.0 Å². The maximum absolute atomic E-state index is 11.8. The van der Waals surface area contributed by atoms with Crippen LogP contribution >= 0.6 is 0 Å². The molecule has 3 heteroatoms. The quantitative estimate of drug-likeness (QED) is 0.690. The number of hydrogen-bond donors (Lipinski definition) is 1. The molecule has 0 radical (unpaired) electrons. The lowest BCUT2D eigenvalue weighted by atomic mass is 9.92. The summed E-state index contributed by atoms with van der Waals surface area (Å²) in [4.78, 5) is 13.6. The highest BCUT2D eigenvalue weighted by atomic mass is 16.2. The summed E-state index contributed by atoms with van der Waals surface area (Å²) in [6.07, 6.45) is 1.98. The van der Waals surface area contributed by atoms with E-state index in [0.717, 1.165) is 25.9 Å². The summed E-state index contributed by atoms with van der Waals surface area (Å²) in [5.41, 5.74) is 0. The van der Waals surface area contributed by atoms with E-state index in [9.17, 15) is 4.79 Å². The topological polar surface area (TPSA) is 32.3 Å². The second kappa shape index (κ2) is 4.61. The molecule has 76 valence electrons. The van der Waals surface area contributed by atoms with Crippen LogP contribution in [0.15, 0.2) is 0 Å². The lowest BCUT2D eigenvalue weighted by molar-refractivity contribution is -0.135. The highest BCUT2D eigenvalue weighted by molar-refractivity contribution is 5.78. The highest BCUT2D eigenvalue weighted by Crippen LogP contribution is 2.17. The maximum Gasteiger partial charge on any atom is 0.225 e. The predicted molar refractivity (Wildman–Crippen MR) is 53.5 cm³/mol. The van der Waals surface area contributed by atoms with Gasteiger partial charge in [0.25, 0.3) is 0 Å². The summed E-state index contributed by atoms with van der Waals surface area (Å²) in [5.74, 6) is 0.567. The summed E-state index contributed by atoms with van der Waals surface area (Å²) >= 11 is 0. The zero-order chi connectivity index (χ0) is 9.84. The van der Waals surface area contributed by atoms with Crippen LogP contribution in [0.5, 0.6) is 0 Å². The third kappa shape index (κ3) is 2.69. The maximum atomic E-state index is 11.8. The molecule has 2 atom stereocenters. The van der Waals surface area contributed by atoms with Crippen LogP contribution in [0.25, 0.3) is 0 Å². The monoisotopic (exact) mass is 184 g/mol. The summed E-state index contributed by atoms with van der Waals surface area (Å²) in [6.45, 7) is 5.96. The summed E-state index contributed by atoms with van der Waals surface area (Å²) < 4.78 is 0. The summed E-state index contributed by atoms with van der Waals surface area (Å²) in [6, 6.07) is 0.493. The Morgan fingerprint density at radius 2 is 2.31 bits per heavy atom. The summed E-state index contributed by atoms with van der Waals surface area (Å²) in [5, 5.41) is 3.35. The molecule has 1 heterocycles. The Balaban J connectivity index is 2.46. The van der Waals surface area contributed by atoms with Crippen molar-refractivity contribution in [2.45, 2.75) is 32.7 Å². The molecule has 0 bridgehead atoms. The fourth-order valence-corrected chi connectivity index (χ4v) is 1.82. The number of carbonyl (C=O) groups is 1. The largest absolute Gasteiger partial charge is 0.346 e. The Kier molecular flexibility index (Phi) is 3.72. The number of nitrogens with one attached hydrogen (secondary N) is 1. The molecule has 0 aromatic rings. The van der Waals surface area contributed by atoms with Crippen LogP contribution in [-0.2, 0) is 4.79 Å². The third-order valence-electron chi connectivity index (χ3n) is 2.82. The number of piperidine rings is 1. The number of carbonyl (C=O) groups excluding carboxylic acids is 1. The van der Waals surface area contributed by atoms with Crippen molar-refractivity contribution in [1.29, 1.82) is 0 Å². The molecule has 0 aromatic carbocycles. The molecule has 3 nitrogen and oxygen atoms in total. The molecule has 1 fully saturated rings. The lowest BCUT2D eigenvalue weighted by Crippen LogP contribution is -2.42. The van der Waals surface area contributed by atoms with Crippen molar-refractivity contribution in [2.75, 3.05) is 20.1 Å². The molecule has 1 saturated heterocycles. The van der Waals surface area contributed by atoms with Gasteiger partial charge in [0.1, 0.15) is 0 Å². The molecule has 1 rings (SSSR count). The van der Waals surface area contributed by atoms with E-state index in [1.54, 1.807) is 0 Å². The Bertz CT molecular complexity index is 182. The first-order valence-corrected chi connectivity index (χ1v) is 5.13. The van der Waals surface area contributed by atoms with E-state index in [0.29, 0.717) is 11.9 Å². The average Bonchev–Trinajstić information content (AvgIpc) is 2.15. The number of hydrogen-bond acceptors (Lipinski definition) is 2. The van der Waals surface area contributed by atoms with Crippen molar-refractivity contribution in [1.82, 2.24) is 10.2 Å². The van der Waals surface area contributed by atoms with Crippen LogP contribution in [0.2, 0.25) is 0 Å². The van der Waals surface area contributed by atoms with Gasteiger partial charge in [-0.3, -0.25) is 4.79 Å². The van der Waals surface area contributed by atoms with Crippen molar-refractivity contribution in [3.63, 3.8) is 0 Å². The van der Waals surface area contributed by atoms with Crippen LogP contribution < -0.4 is 5.32 Å². The van der Waals surface area contributed by atoms with E-state index in [1.807, 2.05) is 18.9 Å². The summed E-state index contributed by atoms with van der Waals surface area (Å²) in [7, 11) is 1.88. The molecule has 1 amide bonds. The van der Waals surface area contributed by atoms with Gasteiger partial charge in [0.15, 0.2) is 0 Å². The molecule has 1 N–H and O–H groups in total. The van der Waals surface area contributed by atoms with E-state index in [1.165, 1.54) is 0 Å². The Morgan fingerprint density at radius 3 is 2.85 bits per heavy atom. The van der Waals surface area contributed by atoms with Crippen LogP contribution in [0, 0.1) is 5.92 Å². The van der Waals surface area contributed by atoms with Gasteiger partial charge in [-0.15, -0.1) is 0 Å². The smallest absolute Gasteiger partial charge is 0.225 e. The molecule has 1 aliphatic heterocycles. The molecule has 0 spiro atoms. The van der Waals surface area contributed by atoms with Crippen LogP contribution in [0.4, 0.5) is 0 Å². The van der Waals surface area contributed by atoms with Gasteiger partial charge in [-0.25, -0.2) is 0 Å². The van der Waals surface area contributed by atoms with Crippen LogP contribution in [0.3, 0.4) is 0 Å². The first-order valence-electron chi connectivity index (χ1n) is 5.13. The van der Waals surface area contributed by atoms with Crippen molar-refractivity contribution in [3.05, 3.63) is 0 Å². The first-order chi connectivity index (χ1) is 6.15. The number of rotatable bonds is 2. The highest BCUT2D eigenvalue weighted by Gasteiger charge is 2.26. The Morgan fingerprint density at radius 1 is 1.62 bits per heavy atom. The molecule has 0 aromatic heterocycles. The first kappa shape index (κ1) is 10.5. The zero-order valence-electron chi connectivity index (χ0n) is 8.84. The SMILES string of the molecule is CCN(C)C(=O)C1CCNC(C)C1. The zero-order valence-corrected chi connectivity index (χ0v) is 8.84. The standard InChI is InChI=1S/C10H20N2O/c1-4-12(3)10(13)9-5-6-11-8(2)7-9/h8-9,11H,4-7H2,1-3H3.